The Balaban J connectivity index is 1.89. The van der Waals surface area contributed by atoms with E-state index < -0.39 is 0 Å². The Hall–Kier alpha value is -2.10. The molecule has 0 saturated heterocycles. The maximum absolute atomic E-state index is 12.8. The quantitative estimate of drug-likeness (QED) is 0.868. The number of hydrogen-bond donors (Lipinski definition) is 0. The Morgan fingerprint density at radius 1 is 1.41 bits per heavy atom. The van der Waals surface area contributed by atoms with Gasteiger partial charge >= 0.3 is 0 Å². The molecule has 0 saturated carbocycles. The van der Waals surface area contributed by atoms with E-state index in [1.807, 2.05) is 31.9 Å². The minimum Gasteiger partial charge on any atom is -0.435 e. The van der Waals surface area contributed by atoms with Gasteiger partial charge in [-0.15, -0.1) is 0 Å². The molecule has 4 nitrogen and oxygen atoms in total. The number of rotatable bonds is 3. The molecule has 0 bridgehead atoms. The molecular formula is C18H22N2O2. The molecule has 0 spiro atoms. The summed E-state index contributed by atoms with van der Waals surface area (Å²) < 4.78 is 5.62. The predicted molar refractivity (Wildman–Crippen MR) is 84.8 cm³/mol. The maximum Gasteiger partial charge on any atom is 0.291 e. The molecule has 0 radical (unpaired) electrons. The van der Waals surface area contributed by atoms with Crippen molar-refractivity contribution in [3.8, 4) is 0 Å². The molecule has 116 valence electrons. The van der Waals surface area contributed by atoms with Crippen LogP contribution in [0.2, 0.25) is 0 Å². The number of aromatic nitrogens is 1. The highest BCUT2D eigenvalue weighted by molar-refractivity contribution is 5.92. The number of benzene rings is 1. The Labute approximate surface area is 131 Å². The third-order valence-electron chi connectivity index (χ3n) is 4.46. The topological polar surface area (TPSA) is 46.3 Å². The van der Waals surface area contributed by atoms with Gasteiger partial charge in [0, 0.05) is 13.5 Å². The van der Waals surface area contributed by atoms with Gasteiger partial charge in [0.25, 0.3) is 5.91 Å². The fourth-order valence-corrected chi connectivity index (χ4v) is 3.23. The van der Waals surface area contributed by atoms with Crippen LogP contribution in [-0.4, -0.2) is 22.8 Å². The molecule has 1 aliphatic carbocycles. The summed E-state index contributed by atoms with van der Waals surface area (Å²) in [5, 5.41) is 0. The molecule has 0 N–H and O–H groups in total. The number of fused-ring (bicyclic) bond motifs is 1. The van der Waals surface area contributed by atoms with Gasteiger partial charge in [0.05, 0.1) is 11.7 Å². The largest absolute Gasteiger partial charge is 0.435 e. The molecule has 0 aliphatic heterocycles. The SMILES string of the molecule is CCc1nc(C)c(C(=O)N(C)C2CCCc3ccccc32)o1. The highest BCUT2D eigenvalue weighted by atomic mass is 16.4. The minimum absolute atomic E-state index is 0.0774. The highest BCUT2D eigenvalue weighted by Crippen LogP contribution is 2.34. The molecule has 1 aliphatic rings. The van der Waals surface area contributed by atoms with Crippen molar-refractivity contribution in [2.75, 3.05) is 7.05 Å². The second-order valence-electron chi connectivity index (χ2n) is 5.90. The van der Waals surface area contributed by atoms with Crippen molar-refractivity contribution in [2.24, 2.45) is 0 Å². The van der Waals surface area contributed by atoms with Gasteiger partial charge < -0.3 is 9.32 Å². The summed E-state index contributed by atoms with van der Waals surface area (Å²) in [4.78, 5) is 18.9. The smallest absolute Gasteiger partial charge is 0.291 e. The van der Waals surface area contributed by atoms with Crippen molar-refractivity contribution in [1.82, 2.24) is 9.88 Å². The molecule has 1 amide bonds. The van der Waals surface area contributed by atoms with Gasteiger partial charge in [0.2, 0.25) is 5.76 Å². The zero-order valence-electron chi connectivity index (χ0n) is 13.4. The van der Waals surface area contributed by atoms with Crippen LogP contribution in [0.25, 0.3) is 0 Å². The Morgan fingerprint density at radius 2 is 2.18 bits per heavy atom. The Morgan fingerprint density at radius 3 is 2.91 bits per heavy atom. The molecule has 1 heterocycles. The van der Waals surface area contributed by atoms with Gasteiger partial charge in [-0.3, -0.25) is 4.79 Å². The van der Waals surface area contributed by atoms with Crippen molar-refractivity contribution in [2.45, 2.75) is 45.6 Å². The maximum atomic E-state index is 12.8. The Kier molecular flexibility index (Phi) is 4.01. The third-order valence-corrected chi connectivity index (χ3v) is 4.46. The van der Waals surface area contributed by atoms with E-state index in [4.69, 9.17) is 4.42 Å². The van der Waals surface area contributed by atoms with Crippen molar-refractivity contribution in [1.29, 1.82) is 0 Å². The summed E-state index contributed by atoms with van der Waals surface area (Å²) in [6.45, 7) is 3.80. The first-order valence-electron chi connectivity index (χ1n) is 7.93. The van der Waals surface area contributed by atoms with E-state index in [9.17, 15) is 4.79 Å². The lowest BCUT2D eigenvalue weighted by atomic mass is 9.87. The first kappa shape index (κ1) is 14.8. The molecular weight excluding hydrogens is 276 g/mol. The van der Waals surface area contributed by atoms with Gasteiger partial charge in [-0.05, 0) is 37.3 Å². The van der Waals surface area contributed by atoms with Gasteiger partial charge in [0.1, 0.15) is 0 Å². The lowest BCUT2D eigenvalue weighted by molar-refractivity contribution is 0.0680. The second kappa shape index (κ2) is 5.95. The third kappa shape index (κ3) is 2.54. The van der Waals surface area contributed by atoms with Crippen molar-refractivity contribution in [3.05, 3.63) is 52.7 Å². The number of oxazole rings is 1. The molecule has 1 unspecified atom stereocenters. The lowest BCUT2D eigenvalue weighted by Gasteiger charge is -2.32. The van der Waals surface area contributed by atoms with Crippen LogP contribution in [0.15, 0.2) is 28.7 Å². The monoisotopic (exact) mass is 298 g/mol. The summed E-state index contributed by atoms with van der Waals surface area (Å²) >= 11 is 0. The number of carbonyl (C=O) groups excluding carboxylic acids is 1. The molecule has 1 atom stereocenters. The van der Waals surface area contributed by atoms with E-state index in [0.717, 1.165) is 19.3 Å². The predicted octanol–water partition coefficient (Wildman–Crippen LogP) is 3.70. The van der Waals surface area contributed by atoms with Gasteiger partial charge in [-0.2, -0.15) is 0 Å². The van der Waals surface area contributed by atoms with E-state index in [-0.39, 0.29) is 11.9 Å². The van der Waals surface area contributed by atoms with Gasteiger partial charge in [-0.25, -0.2) is 4.98 Å². The van der Waals surface area contributed by atoms with Gasteiger partial charge in [0.15, 0.2) is 5.89 Å². The van der Waals surface area contributed by atoms with Crippen LogP contribution in [0.5, 0.6) is 0 Å². The molecule has 3 rings (SSSR count). The van der Waals surface area contributed by atoms with E-state index >= 15 is 0 Å². The zero-order valence-corrected chi connectivity index (χ0v) is 13.4. The summed E-state index contributed by atoms with van der Waals surface area (Å²) in [6, 6.07) is 8.52. The minimum atomic E-state index is -0.0774. The van der Waals surface area contributed by atoms with Crippen LogP contribution < -0.4 is 0 Å². The average Bonchev–Trinajstić information content (AvgIpc) is 2.94. The average molecular weight is 298 g/mol. The molecule has 1 aromatic heterocycles. The summed E-state index contributed by atoms with van der Waals surface area (Å²) in [5.41, 5.74) is 3.29. The number of carbonyl (C=O) groups is 1. The Bertz CT molecular complexity index is 690. The molecule has 4 heteroatoms. The van der Waals surface area contributed by atoms with Crippen LogP contribution >= 0.6 is 0 Å². The van der Waals surface area contributed by atoms with Gasteiger partial charge in [-0.1, -0.05) is 31.2 Å². The van der Waals surface area contributed by atoms with Crippen LogP contribution in [0.3, 0.4) is 0 Å². The normalized spacial score (nSPS) is 17.1. The van der Waals surface area contributed by atoms with Crippen molar-refractivity contribution in [3.63, 3.8) is 0 Å². The summed E-state index contributed by atoms with van der Waals surface area (Å²) in [7, 11) is 1.86. The van der Waals surface area contributed by atoms with Crippen molar-refractivity contribution < 1.29 is 9.21 Å². The fraction of sp³-hybridized carbons (Fsp3) is 0.444. The van der Waals surface area contributed by atoms with Crippen molar-refractivity contribution >= 4 is 5.91 Å². The molecule has 1 aromatic carbocycles. The molecule has 22 heavy (non-hydrogen) atoms. The van der Waals surface area contributed by atoms with E-state index in [1.54, 1.807) is 0 Å². The number of aryl methyl sites for hydroxylation is 3. The number of hydrogen-bond acceptors (Lipinski definition) is 3. The zero-order chi connectivity index (χ0) is 15.7. The van der Waals surface area contributed by atoms with E-state index in [1.165, 1.54) is 11.1 Å². The van der Waals surface area contributed by atoms with Crippen LogP contribution in [0.4, 0.5) is 0 Å². The standard InChI is InChI=1S/C18H22N2O2/c1-4-16-19-12(2)17(22-16)18(21)20(3)15-11-7-9-13-8-5-6-10-14(13)15/h5-6,8,10,15H,4,7,9,11H2,1-3H3. The first-order valence-corrected chi connectivity index (χ1v) is 7.93. The lowest BCUT2D eigenvalue weighted by Crippen LogP contribution is -2.33. The molecule has 2 aromatic rings. The first-order chi connectivity index (χ1) is 10.6. The summed E-state index contributed by atoms with van der Waals surface area (Å²) in [6.07, 6.45) is 3.89. The van der Waals surface area contributed by atoms with Crippen LogP contribution in [-0.2, 0) is 12.8 Å². The van der Waals surface area contributed by atoms with E-state index in [0.29, 0.717) is 23.8 Å². The fourth-order valence-electron chi connectivity index (χ4n) is 3.23. The highest BCUT2D eigenvalue weighted by Gasteiger charge is 2.29. The van der Waals surface area contributed by atoms with E-state index in [2.05, 4.69) is 23.2 Å². The number of nitrogens with zero attached hydrogens (tertiary/aromatic N) is 2. The second-order valence-corrected chi connectivity index (χ2v) is 5.90. The van der Waals surface area contributed by atoms with Crippen LogP contribution in [0.1, 0.15) is 59.1 Å². The van der Waals surface area contributed by atoms with Crippen LogP contribution in [0, 0.1) is 6.92 Å². The molecule has 0 fully saturated rings. The summed E-state index contributed by atoms with van der Waals surface area (Å²) in [5.74, 6) is 0.923. The number of amides is 1.